The summed E-state index contributed by atoms with van der Waals surface area (Å²) in [5.74, 6) is 1.36. The van der Waals surface area contributed by atoms with Gasteiger partial charge in [0.05, 0.1) is 31.2 Å². The molecular formula is C26H36N4O5. The fraction of sp³-hybridized carbons (Fsp3) is 0.462. The summed E-state index contributed by atoms with van der Waals surface area (Å²) in [6.07, 6.45) is 7.65. The molecule has 0 spiro atoms. The van der Waals surface area contributed by atoms with E-state index in [0.717, 1.165) is 48.3 Å². The number of hydrogen-bond acceptors (Lipinski definition) is 8. The van der Waals surface area contributed by atoms with Gasteiger partial charge in [-0.25, -0.2) is 9.97 Å². The number of amides is 1. The quantitative estimate of drug-likeness (QED) is 0.700. The number of carbonyl (C=O) groups excluding carboxylic acids is 3. The second kappa shape index (κ2) is 14.7. The Labute approximate surface area is 207 Å². The molecule has 0 unspecified atom stereocenters. The molecule has 3 aliphatic rings. The molecule has 2 aliphatic carbocycles. The van der Waals surface area contributed by atoms with Crippen LogP contribution in [-0.4, -0.2) is 59.8 Å². The average Bonchev–Trinajstić information content (AvgIpc) is 3.78. The van der Waals surface area contributed by atoms with Crippen molar-refractivity contribution in [1.82, 2.24) is 14.9 Å². The van der Waals surface area contributed by atoms with Crippen LogP contribution in [0.4, 0.5) is 0 Å². The van der Waals surface area contributed by atoms with Gasteiger partial charge in [-0.1, -0.05) is 20.1 Å². The van der Waals surface area contributed by atoms with Crippen molar-refractivity contribution in [2.45, 2.75) is 58.5 Å². The highest BCUT2D eigenvalue weighted by Crippen LogP contribution is 2.31. The van der Waals surface area contributed by atoms with Crippen LogP contribution in [0.15, 0.2) is 30.8 Å². The molecule has 190 valence electrons. The fourth-order valence-electron chi connectivity index (χ4n) is 3.14. The molecule has 9 nitrogen and oxygen atoms in total. The summed E-state index contributed by atoms with van der Waals surface area (Å²) in [5, 5.41) is 0. The summed E-state index contributed by atoms with van der Waals surface area (Å²) in [6.45, 7) is 6.44. The molecule has 3 heterocycles. The van der Waals surface area contributed by atoms with E-state index in [0.29, 0.717) is 23.8 Å². The maximum atomic E-state index is 12.1. The number of hydrogen-bond donors (Lipinski definition) is 1. The van der Waals surface area contributed by atoms with E-state index in [2.05, 4.69) is 16.5 Å². The summed E-state index contributed by atoms with van der Waals surface area (Å²) in [6, 6.07) is 8.46. The molecule has 0 saturated heterocycles. The zero-order chi connectivity index (χ0) is 25.1. The molecule has 2 N–H and O–H groups in total. The number of ether oxygens (including phenoxy) is 2. The van der Waals surface area contributed by atoms with Crippen LogP contribution in [0.3, 0.4) is 0 Å². The highest BCUT2D eigenvalue weighted by molar-refractivity contribution is 5.96. The molecule has 0 atom stereocenters. The van der Waals surface area contributed by atoms with Crippen LogP contribution in [0.5, 0.6) is 11.8 Å². The number of nitrogens with zero attached hydrogens (tertiary/aromatic N) is 3. The van der Waals surface area contributed by atoms with E-state index >= 15 is 0 Å². The highest BCUT2D eigenvalue weighted by atomic mass is 16.5. The zero-order valence-electron chi connectivity index (χ0n) is 20.0. The molecule has 0 bridgehead atoms. The van der Waals surface area contributed by atoms with Crippen molar-refractivity contribution in [2.75, 3.05) is 20.8 Å². The molecule has 5 rings (SSSR count). The Kier molecular flexibility index (Phi) is 12.3. The summed E-state index contributed by atoms with van der Waals surface area (Å²) in [4.78, 5) is 38.9. The molecule has 1 aliphatic heterocycles. The number of aromatic nitrogens is 2. The van der Waals surface area contributed by atoms with Crippen molar-refractivity contribution in [1.29, 1.82) is 0 Å². The molecule has 35 heavy (non-hydrogen) atoms. The molecule has 0 radical (unpaired) electrons. The Morgan fingerprint density at radius 2 is 1.60 bits per heavy atom. The van der Waals surface area contributed by atoms with Crippen molar-refractivity contribution in [3.63, 3.8) is 0 Å². The normalized spacial score (nSPS) is 15.1. The number of fused-ring (bicyclic) bond motifs is 1. The smallest absolute Gasteiger partial charge is 0.373 e. The minimum atomic E-state index is 0. The van der Waals surface area contributed by atoms with Crippen LogP contribution in [0.25, 0.3) is 6.08 Å². The second-order valence-corrected chi connectivity index (χ2v) is 8.01. The lowest BCUT2D eigenvalue weighted by Crippen LogP contribution is -2.39. The SMILES string of the molecule is C.C=Cc1nc(OC)ccc1C.COc1ccc2c(n1)CCN(C1CC1)C2=O.NC1CC1.O=C=O. The number of rotatable bonds is 4. The third-order valence-electron chi connectivity index (χ3n) is 5.36. The Morgan fingerprint density at radius 3 is 2.09 bits per heavy atom. The molecule has 1 amide bonds. The van der Waals surface area contributed by atoms with Crippen molar-refractivity contribution in [2.24, 2.45) is 5.73 Å². The average molecular weight is 485 g/mol. The van der Waals surface area contributed by atoms with Gasteiger partial charge < -0.3 is 20.1 Å². The Bertz CT molecular complexity index is 1010. The fourth-order valence-corrected chi connectivity index (χ4v) is 3.14. The van der Waals surface area contributed by atoms with Gasteiger partial charge in [-0.05, 0) is 50.3 Å². The third kappa shape index (κ3) is 9.31. The predicted molar refractivity (Wildman–Crippen MR) is 133 cm³/mol. The van der Waals surface area contributed by atoms with Gasteiger partial charge in [0, 0.05) is 37.2 Å². The van der Waals surface area contributed by atoms with Crippen molar-refractivity contribution < 1.29 is 23.9 Å². The van der Waals surface area contributed by atoms with Crippen molar-refractivity contribution in [3.05, 3.63) is 53.4 Å². The lowest BCUT2D eigenvalue weighted by atomic mass is 10.0. The van der Waals surface area contributed by atoms with Crippen LogP contribution in [0.2, 0.25) is 0 Å². The summed E-state index contributed by atoms with van der Waals surface area (Å²) in [5.41, 5.74) is 8.84. The lowest BCUT2D eigenvalue weighted by molar-refractivity contribution is -0.191. The van der Waals surface area contributed by atoms with E-state index in [1.165, 1.54) is 12.8 Å². The molecule has 2 saturated carbocycles. The lowest BCUT2D eigenvalue weighted by Gasteiger charge is -2.27. The number of nitrogens with two attached hydrogens (primary N) is 1. The number of pyridine rings is 2. The first-order valence-electron chi connectivity index (χ1n) is 11.1. The van der Waals surface area contributed by atoms with Crippen molar-refractivity contribution >= 4 is 18.1 Å². The predicted octanol–water partition coefficient (Wildman–Crippen LogP) is 3.45. The zero-order valence-corrected chi connectivity index (χ0v) is 20.0. The van der Waals surface area contributed by atoms with Gasteiger partial charge in [0.1, 0.15) is 0 Å². The monoisotopic (exact) mass is 484 g/mol. The van der Waals surface area contributed by atoms with E-state index in [1.807, 2.05) is 30.0 Å². The van der Waals surface area contributed by atoms with E-state index in [4.69, 9.17) is 24.8 Å². The topological polar surface area (TPSA) is 125 Å². The first-order valence-corrected chi connectivity index (χ1v) is 11.1. The minimum absolute atomic E-state index is 0. The number of carbonyl (C=O) groups is 1. The van der Waals surface area contributed by atoms with Gasteiger partial charge >= 0.3 is 6.15 Å². The first kappa shape index (κ1) is 29.5. The minimum Gasteiger partial charge on any atom is -0.481 e. The largest absolute Gasteiger partial charge is 0.481 e. The summed E-state index contributed by atoms with van der Waals surface area (Å²) < 4.78 is 10.0. The van der Waals surface area contributed by atoms with Gasteiger partial charge in [-0.3, -0.25) is 4.79 Å². The van der Waals surface area contributed by atoms with Gasteiger partial charge in [-0.2, -0.15) is 9.59 Å². The van der Waals surface area contributed by atoms with E-state index in [9.17, 15) is 4.79 Å². The Morgan fingerprint density at radius 1 is 1.06 bits per heavy atom. The number of methoxy groups -OCH3 is 2. The van der Waals surface area contributed by atoms with Gasteiger partial charge in [0.25, 0.3) is 5.91 Å². The summed E-state index contributed by atoms with van der Waals surface area (Å²) in [7, 11) is 3.19. The maximum Gasteiger partial charge on any atom is 0.373 e. The Hall–Kier alpha value is -3.55. The van der Waals surface area contributed by atoms with Gasteiger partial charge in [0.2, 0.25) is 11.8 Å². The highest BCUT2D eigenvalue weighted by Gasteiger charge is 2.36. The first-order chi connectivity index (χ1) is 16.4. The van der Waals surface area contributed by atoms with E-state index < -0.39 is 0 Å². The number of aryl methyl sites for hydroxylation is 1. The molecule has 2 aromatic rings. The van der Waals surface area contributed by atoms with E-state index in [-0.39, 0.29) is 19.5 Å². The van der Waals surface area contributed by atoms with E-state index in [1.54, 1.807) is 26.4 Å². The summed E-state index contributed by atoms with van der Waals surface area (Å²) >= 11 is 0. The van der Waals surface area contributed by atoms with Crippen LogP contribution in [-0.2, 0) is 16.0 Å². The maximum absolute atomic E-state index is 12.1. The van der Waals surface area contributed by atoms with Gasteiger partial charge in [-0.15, -0.1) is 0 Å². The standard InChI is InChI=1S/C12H14N2O2.C9H11NO.C3H7N.CO2.CH4/c1-16-11-5-4-9-10(13-11)6-7-14(12(9)15)8-2-3-8;1-4-8-7(2)5-6-9(10-8)11-3;4-3-1-2-3;2-1-3;/h4-5,8H,2-3,6-7H2,1H3;4-6H,1H2,2-3H3;3H,1-2,4H2;;1H4. The molecular weight excluding hydrogens is 448 g/mol. The van der Waals surface area contributed by atoms with Crippen LogP contribution >= 0.6 is 0 Å². The van der Waals surface area contributed by atoms with Crippen LogP contribution in [0.1, 0.15) is 60.4 Å². The Balaban J connectivity index is 0.000000280. The third-order valence-corrected chi connectivity index (χ3v) is 5.36. The van der Waals surface area contributed by atoms with Crippen molar-refractivity contribution in [3.8, 4) is 11.8 Å². The molecule has 2 fully saturated rings. The molecule has 2 aromatic heterocycles. The van der Waals surface area contributed by atoms with Gasteiger partial charge in [0.15, 0.2) is 0 Å². The molecule has 9 heteroatoms. The van der Waals surface area contributed by atoms with Crippen LogP contribution < -0.4 is 15.2 Å². The van der Waals surface area contributed by atoms with Crippen LogP contribution in [0, 0.1) is 6.92 Å². The molecule has 0 aromatic carbocycles. The second-order valence-electron chi connectivity index (χ2n) is 8.01.